The van der Waals surface area contributed by atoms with Gasteiger partial charge in [-0.25, -0.2) is 4.39 Å². The molecule has 0 radical (unpaired) electrons. The number of hydrogen-bond acceptors (Lipinski definition) is 2. The molecule has 0 fully saturated rings. The van der Waals surface area contributed by atoms with Crippen LogP contribution in [0.4, 0.5) is 10.1 Å². The molecule has 0 saturated carbocycles. The molecule has 18 heavy (non-hydrogen) atoms. The van der Waals surface area contributed by atoms with Gasteiger partial charge >= 0.3 is 0 Å². The fourth-order valence-corrected chi connectivity index (χ4v) is 1.79. The molecule has 0 unspecified atom stereocenters. The Hall–Kier alpha value is -1.49. The van der Waals surface area contributed by atoms with Crippen LogP contribution in [0.5, 0.6) is 0 Å². The van der Waals surface area contributed by atoms with E-state index in [2.05, 4.69) is 5.32 Å². The maximum absolute atomic E-state index is 13.7. The van der Waals surface area contributed by atoms with Gasteiger partial charge in [-0.1, -0.05) is 26.1 Å². The van der Waals surface area contributed by atoms with Crippen LogP contribution >= 0.6 is 12.2 Å². The Labute approximate surface area is 112 Å². The highest BCUT2D eigenvalue weighted by Gasteiger charge is 2.16. The molecular weight excluding hydrogens is 251 g/mol. The third-order valence-electron chi connectivity index (χ3n) is 2.87. The summed E-state index contributed by atoms with van der Waals surface area (Å²) >= 11 is 4.76. The molecule has 0 heterocycles. The van der Waals surface area contributed by atoms with E-state index in [1.807, 2.05) is 13.8 Å². The quantitative estimate of drug-likeness (QED) is 0.807. The van der Waals surface area contributed by atoms with Crippen LogP contribution in [0.1, 0.15) is 32.3 Å². The molecule has 1 amide bonds. The van der Waals surface area contributed by atoms with Crippen molar-refractivity contribution in [3.8, 4) is 0 Å². The highest BCUT2D eigenvalue weighted by Crippen LogP contribution is 2.18. The van der Waals surface area contributed by atoms with Gasteiger partial charge in [0.2, 0.25) is 5.91 Å². The predicted molar refractivity (Wildman–Crippen MR) is 75.0 cm³/mol. The van der Waals surface area contributed by atoms with Crippen LogP contribution in [-0.2, 0) is 4.79 Å². The molecule has 1 aromatic carbocycles. The summed E-state index contributed by atoms with van der Waals surface area (Å²) < 4.78 is 13.7. The average molecular weight is 268 g/mol. The van der Waals surface area contributed by atoms with Gasteiger partial charge in [0, 0.05) is 11.5 Å². The predicted octanol–water partition coefficient (Wildman–Crippen LogP) is 2.83. The number of hydrogen-bond donors (Lipinski definition) is 2. The van der Waals surface area contributed by atoms with Crippen molar-refractivity contribution in [3.63, 3.8) is 0 Å². The van der Waals surface area contributed by atoms with Crippen molar-refractivity contribution in [2.45, 2.75) is 26.7 Å². The van der Waals surface area contributed by atoms with Crippen molar-refractivity contribution in [3.05, 3.63) is 29.6 Å². The van der Waals surface area contributed by atoms with Crippen molar-refractivity contribution < 1.29 is 9.18 Å². The maximum Gasteiger partial charge on any atom is 0.227 e. The second-order valence-electron chi connectivity index (χ2n) is 4.06. The van der Waals surface area contributed by atoms with E-state index in [1.54, 1.807) is 6.07 Å². The van der Waals surface area contributed by atoms with Crippen LogP contribution < -0.4 is 11.1 Å². The smallest absolute Gasteiger partial charge is 0.227 e. The molecule has 5 heteroatoms. The zero-order valence-corrected chi connectivity index (χ0v) is 11.3. The van der Waals surface area contributed by atoms with Crippen LogP contribution in [0.2, 0.25) is 0 Å². The second kappa shape index (κ2) is 6.44. The second-order valence-corrected chi connectivity index (χ2v) is 4.50. The summed E-state index contributed by atoms with van der Waals surface area (Å²) in [6, 6.07) is 4.29. The average Bonchev–Trinajstić information content (AvgIpc) is 2.33. The summed E-state index contributed by atoms with van der Waals surface area (Å²) in [4.78, 5) is 11.9. The van der Waals surface area contributed by atoms with Gasteiger partial charge in [-0.3, -0.25) is 4.79 Å². The molecule has 0 atom stereocenters. The number of halogens is 1. The zero-order chi connectivity index (χ0) is 13.7. The number of nitrogens with two attached hydrogens (primary N) is 1. The van der Waals surface area contributed by atoms with Crippen LogP contribution in [0.3, 0.4) is 0 Å². The molecule has 0 saturated heterocycles. The number of nitrogens with one attached hydrogen (secondary N) is 1. The lowest BCUT2D eigenvalue weighted by Gasteiger charge is -2.13. The molecule has 1 rings (SSSR count). The van der Waals surface area contributed by atoms with Gasteiger partial charge in [0.15, 0.2) is 0 Å². The van der Waals surface area contributed by atoms with Gasteiger partial charge in [-0.15, -0.1) is 0 Å². The van der Waals surface area contributed by atoms with Crippen molar-refractivity contribution >= 4 is 28.8 Å². The molecule has 0 aliphatic heterocycles. The topological polar surface area (TPSA) is 55.1 Å². The molecular formula is C13H17FN2OS. The minimum Gasteiger partial charge on any atom is -0.389 e. The Balaban J connectivity index is 2.86. The van der Waals surface area contributed by atoms with Crippen molar-refractivity contribution in [2.24, 2.45) is 11.7 Å². The zero-order valence-electron chi connectivity index (χ0n) is 10.5. The first-order chi connectivity index (χ1) is 8.49. The third-order valence-corrected chi connectivity index (χ3v) is 3.10. The van der Waals surface area contributed by atoms with Crippen molar-refractivity contribution in [2.75, 3.05) is 5.32 Å². The van der Waals surface area contributed by atoms with E-state index in [-0.39, 0.29) is 22.5 Å². The van der Waals surface area contributed by atoms with Gasteiger partial charge in [-0.2, -0.15) is 0 Å². The van der Waals surface area contributed by atoms with Gasteiger partial charge in [-0.05, 0) is 31.0 Å². The van der Waals surface area contributed by atoms with Gasteiger partial charge in [0.25, 0.3) is 0 Å². The number of thiocarbonyl (C=S) groups is 1. The first-order valence-corrected chi connectivity index (χ1v) is 6.30. The maximum atomic E-state index is 13.7. The molecule has 98 valence electrons. The third kappa shape index (κ3) is 3.50. The number of carbonyl (C=O) groups excluding carboxylic acids is 1. The number of carbonyl (C=O) groups is 1. The summed E-state index contributed by atoms with van der Waals surface area (Å²) in [6.45, 7) is 3.86. The Morgan fingerprint density at radius 3 is 2.50 bits per heavy atom. The van der Waals surface area contributed by atoms with Crippen LogP contribution in [-0.4, -0.2) is 10.9 Å². The molecule has 3 nitrogen and oxygen atoms in total. The van der Waals surface area contributed by atoms with Crippen LogP contribution in [0.25, 0.3) is 0 Å². The van der Waals surface area contributed by atoms with Gasteiger partial charge in [0.1, 0.15) is 10.8 Å². The summed E-state index contributed by atoms with van der Waals surface area (Å²) in [7, 11) is 0. The Morgan fingerprint density at radius 1 is 1.44 bits per heavy atom. The summed E-state index contributed by atoms with van der Waals surface area (Å²) in [5.74, 6) is -0.791. The van der Waals surface area contributed by atoms with Gasteiger partial charge in [0.05, 0.1) is 5.69 Å². The fraction of sp³-hybridized carbons (Fsp3) is 0.385. The SMILES string of the molecule is CCC(CC)C(=O)Nc1ccc(C(N)=S)cc1F. The Bertz CT molecular complexity index is 458. The lowest BCUT2D eigenvalue weighted by Crippen LogP contribution is -2.22. The van der Waals surface area contributed by atoms with Crippen LogP contribution in [0.15, 0.2) is 18.2 Å². The molecule has 1 aromatic rings. The molecule has 0 aromatic heterocycles. The standard InChI is InChI=1S/C13H17FN2OS/c1-3-8(4-2)13(17)16-11-6-5-9(12(15)18)7-10(11)14/h5-8H,3-4H2,1-2H3,(H2,15,18)(H,16,17). The minimum atomic E-state index is -0.528. The fourth-order valence-electron chi connectivity index (χ4n) is 1.66. The Kier molecular flexibility index (Phi) is 5.22. The monoisotopic (exact) mass is 268 g/mol. The van der Waals surface area contributed by atoms with E-state index in [9.17, 15) is 9.18 Å². The lowest BCUT2D eigenvalue weighted by atomic mass is 10.0. The number of anilines is 1. The molecule has 0 aliphatic rings. The van der Waals surface area contributed by atoms with E-state index in [1.165, 1.54) is 12.1 Å². The number of amides is 1. The van der Waals surface area contributed by atoms with E-state index >= 15 is 0 Å². The van der Waals surface area contributed by atoms with E-state index in [0.717, 1.165) is 12.8 Å². The Morgan fingerprint density at radius 2 is 2.06 bits per heavy atom. The van der Waals surface area contributed by atoms with Crippen molar-refractivity contribution in [1.29, 1.82) is 0 Å². The highest BCUT2D eigenvalue weighted by atomic mass is 32.1. The molecule has 0 bridgehead atoms. The van der Waals surface area contributed by atoms with Gasteiger partial charge < -0.3 is 11.1 Å². The lowest BCUT2D eigenvalue weighted by molar-refractivity contribution is -0.120. The largest absolute Gasteiger partial charge is 0.389 e. The summed E-state index contributed by atoms with van der Waals surface area (Å²) in [5, 5.41) is 2.58. The number of benzene rings is 1. The molecule has 0 spiro atoms. The van der Waals surface area contributed by atoms with E-state index < -0.39 is 5.82 Å². The normalized spacial score (nSPS) is 10.4. The minimum absolute atomic E-state index is 0.0975. The van der Waals surface area contributed by atoms with Crippen LogP contribution in [0, 0.1) is 11.7 Å². The summed E-state index contributed by atoms with van der Waals surface area (Å²) in [6.07, 6.45) is 1.46. The van der Waals surface area contributed by atoms with E-state index in [0.29, 0.717) is 5.56 Å². The number of rotatable bonds is 5. The molecule has 3 N–H and O–H groups in total. The first kappa shape index (κ1) is 14.6. The van der Waals surface area contributed by atoms with E-state index in [4.69, 9.17) is 18.0 Å². The van der Waals surface area contributed by atoms with Crippen molar-refractivity contribution in [1.82, 2.24) is 0 Å². The first-order valence-electron chi connectivity index (χ1n) is 5.89. The highest BCUT2D eigenvalue weighted by molar-refractivity contribution is 7.80. The summed E-state index contributed by atoms with van der Waals surface area (Å²) in [5.41, 5.74) is 6.01. The molecule has 0 aliphatic carbocycles.